The first-order valence-corrected chi connectivity index (χ1v) is 20.8. The van der Waals surface area contributed by atoms with E-state index in [0.29, 0.717) is 0 Å². The number of para-hydroxylation sites is 2. The first kappa shape index (κ1) is 36.4. The lowest BCUT2D eigenvalue weighted by molar-refractivity contribution is 1.08. The van der Waals surface area contributed by atoms with Crippen LogP contribution >= 0.6 is 0 Å². The molecule has 0 fully saturated rings. The van der Waals surface area contributed by atoms with E-state index in [9.17, 15) is 0 Å². The van der Waals surface area contributed by atoms with Crippen LogP contribution in [0.3, 0.4) is 0 Å². The molecule has 0 unspecified atom stereocenters. The second-order valence-electron chi connectivity index (χ2n) is 16.0. The molecular weight excluding hydrogens is 715 g/mol. The van der Waals surface area contributed by atoms with E-state index < -0.39 is 0 Å². The van der Waals surface area contributed by atoms with Crippen LogP contribution in [-0.4, -0.2) is 9.55 Å². The van der Waals surface area contributed by atoms with Crippen LogP contribution in [0.25, 0.3) is 82.8 Å². The standard InChI is InChI=1S/C56H47N3/c1-6-7-9-17-35(2)45-20-12-14-23-50(45)58-43-32-42(33-44(34-43)59-51-24-11-8-10-21-46(51)47-22-13-15-25-52(47)59)53-36(3)54(38(5)57-37(53)4)48-30-29-41-27-26-39-18-16-19-40-28-31-49(48)56(41)55(39)40/h6-8,10-20,22-34,58H,9,21H2,1-5H3/b7-6-,35-17+. The Morgan fingerprint density at radius 1 is 0.729 bits per heavy atom. The summed E-state index contributed by atoms with van der Waals surface area (Å²) in [6.45, 7) is 10.9. The van der Waals surface area contributed by atoms with Gasteiger partial charge in [0, 0.05) is 50.5 Å². The second-order valence-corrected chi connectivity index (χ2v) is 16.0. The molecule has 286 valence electrons. The molecule has 0 aliphatic heterocycles. The zero-order chi connectivity index (χ0) is 40.2. The van der Waals surface area contributed by atoms with Gasteiger partial charge < -0.3 is 9.88 Å². The summed E-state index contributed by atoms with van der Waals surface area (Å²) in [5, 5.41) is 12.9. The second kappa shape index (κ2) is 14.8. The fourth-order valence-electron chi connectivity index (χ4n) is 9.75. The molecule has 1 aliphatic rings. The molecule has 2 aromatic heterocycles. The van der Waals surface area contributed by atoms with Gasteiger partial charge in [0.1, 0.15) is 0 Å². The molecular formula is C56H47N3. The van der Waals surface area contributed by atoms with Crippen molar-refractivity contribution in [2.75, 3.05) is 5.32 Å². The molecule has 3 heteroatoms. The van der Waals surface area contributed by atoms with E-state index in [1.54, 1.807) is 0 Å². The summed E-state index contributed by atoms with van der Waals surface area (Å²) in [4.78, 5) is 5.35. The van der Waals surface area contributed by atoms with Crippen LogP contribution in [0.1, 0.15) is 54.0 Å². The van der Waals surface area contributed by atoms with Crippen LogP contribution in [0.15, 0.2) is 158 Å². The van der Waals surface area contributed by atoms with Crippen LogP contribution in [0.4, 0.5) is 11.4 Å². The summed E-state index contributed by atoms with van der Waals surface area (Å²) in [5.41, 5.74) is 17.4. The Hall–Kier alpha value is -6.97. The minimum atomic E-state index is 0.885. The van der Waals surface area contributed by atoms with Gasteiger partial charge >= 0.3 is 0 Å². The lowest BCUT2D eigenvalue weighted by Crippen LogP contribution is -2.04. The van der Waals surface area contributed by atoms with Gasteiger partial charge in [-0.2, -0.15) is 0 Å². The maximum atomic E-state index is 5.35. The predicted octanol–water partition coefficient (Wildman–Crippen LogP) is 15.4. The summed E-state index contributed by atoms with van der Waals surface area (Å²) in [7, 11) is 0. The molecule has 3 nitrogen and oxygen atoms in total. The number of rotatable bonds is 8. The third-order valence-corrected chi connectivity index (χ3v) is 12.3. The molecule has 0 spiro atoms. The Kier molecular flexibility index (Phi) is 9.10. The minimum Gasteiger partial charge on any atom is -0.355 e. The predicted molar refractivity (Wildman–Crippen MR) is 255 cm³/mol. The Labute approximate surface area is 346 Å². The minimum absolute atomic E-state index is 0.885. The molecule has 9 aromatic rings. The summed E-state index contributed by atoms with van der Waals surface area (Å²) in [6, 6.07) is 44.8. The normalized spacial score (nSPS) is 13.1. The molecule has 2 heterocycles. The molecule has 0 amide bonds. The molecule has 10 rings (SSSR count). The van der Waals surface area contributed by atoms with Gasteiger partial charge in [0.25, 0.3) is 0 Å². The van der Waals surface area contributed by atoms with Gasteiger partial charge in [-0.1, -0.05) is 127 Å². The van der Waals surface area contributed by atoms with Crippen molar-refractivity contribution in [2.45, 2.75) is 47.5 Å². The molecule has 0 atom stereocenters. The van der Waals surface area contributed by atoms with Crippen molar-refractivity contribution in [1.82, 2.24) is 9.55 Å². The molecule has 59 heavy (non-hydrogen) atoms. The lowest BCUT2D eigenvalue weighted by atomic mass is 9.86. The Morgan fingerprint density at radius 3 is 2.32 bits per heavy atom. The number of fused-ring (bicyclic) bond motifs is 3. The van der Waals surface area contributed by atoms with Crippen LogP contribution in [0.2, 0.25) is 0 Å². The maximum absolute atomic E-state index is 5.35. The van der Waals surface area contributed by atoms with Gasteiger partial charge in [0.2, 0.25) is 0 Å². The van der Waals surface area contributed by atoms with Crippen molar-refractivity contribution >= 4 is 66.2 Å². The smallest absolute Gasteiger partial charge is 0.0537 e. The third-order valence-electron chi connectivity index (χ3n) is 12.3. The number of benzene rings is 7. The number of nitrogens with zero attached hydrogens (tertiary/aromatic N) is 2. The number of aryl methyl sites for hydroxylation is 2. The highest BCUT2D eigenvalue weighted by molar-refractivity contribution is 6.25. The highest BCUT2D eigenvalue weighted by Crippen LogP contribution is 2.44. The van der Waals surface area contributed by atoms with E-state index >= 15 is 0 Å². The molecule has 0 saturated heterocycles. The van der Waals surface area contributed by atoms with Gasteiger partial charge in [-0.25, -0.2) is 0 Å². The van der Waals surface area contributed by atoms with Crippen molar-refractivity contribution in [1.29, 1.82) is 0 Å². The Balaban J connectivity index is 1.21. The van der Waals surface area contributed by atoms with E-state index in [1.165, 1.54) is 82.3 Å². The maximum Gasteiger partial charge on any atom is 0.0537 e. The van der Waals surface area contributed by atoms with Crippen LogP contribution in [-0.2, 0) is 6.42 Å². The first-order valence-electron chi connectivity index (χ1n) is 20.8. The highest BCUT2D eigenvalue weighted by Gasteiger charge is 2.22. The Morgan fingerprint density at radius 2 is 1.47 bits per heavy atom. The van der Waals surface area contributed by atoms with Crippen molar-refractivity contribution in [3.63, 3.8) is 0 Å². The van der Waals surface area contributed by atoms with Crippen molar-refractivity contribution < 1.29 is 0 Å². The number of hydrogen-bond donors (Lipinski definition) is 1. The topological polar surface area (TPSA) is 29.9 Å². The molecule has 7 aromatic carbocycles. The van der Waals surface area contributed by atoms with Crippen molar-refractivity contribution in [2.24, 2.45) is 0 Å². The monoisotopic (exact) mass is 761 g/mol. The van der Waals surface area contributed by atoms with Crippen LogP contribution < -0.4 is 5.32 Å². The van der Waals surface area contributed by atoms with Gasteiger partial charge in [0.15, 0.2) is 0 Å². The van der Waals surface area contributed by atoms with E-state index in [1.807, 2.05) is 0 Å². The lowest BCUT2D eigenvalue weighted by Gasteiger charge is -2.22. The fraction of sp³-hybridized carbons (Fsp3) is 0.125. The number of hydrogen-bond acceptors (Lipinski definition) is 2. The molecule has 1 aliphatic carbocycles. The Bertz CT molecular complexity index is 3220. The van der Waals surface area contributed by atoms with E-state index in [-0.39, 0.29) is 0 Å². The van der Waals surface area contributed by atoms with E-state index in [2.05, 4.69) is 208 Å². The number of nitrogens with one attached hydrogen (secondary N) is 1. The zero-order valence-corrected chi connectivity index (χ0v) is 34.4. The quantitative estimate of drug-likeness (QED) is 0.123. The third kappa shape index (κ3) is 6.17. The van der Waals surface area contributed by atoms with Gasteiger partial charge in [-0.3, -0.25) is 4.98 Å². The van der Waals surface area contributed by atoms with Gasteiger partial charge in [-0.05, 0) is 144 Å². The highest BCUT2D eigenvalue weighted by atomic mass is 15.0. The molecule has 1 N–H and O–H groups in total. The van der Waals surface area contributed by atoms with Gasteiger partial charge in [-0.15, -0.1) is 0 Å². The number of anilines is 2. The average molecular weight is 762 g/mol. The van der Waals surface area contributed by atoms with Gasteiger partial charge in [0.05, 0.1) is 11.2 Å². The van der Waals surface area contributed by atoms with Crippen LogP contribution in [0.5, 0.6) is 0 Å². The zero-order valence-electron chi connectivity index (χ0n) is 34.4. The SMILES string of the molecule is C/C=C\C/C=C(\C)c1ccccc1Nc1cc(-c2c(C)nc(C)c(-c3ccc4ccc5cccc6ccc3c4c56)c2C)cc(-n2c3c(c4ccccc42)CC=CC=C3)c1. The summed E-state index contributed by atoms with van der Waals surface area (Å²) >= 11 is 0. The fourth-order valence-corrected chi connectivity index (χ4v) is 9.75. The molecule has 0 radical (unpaired) electrons. The number of aromatic nitrogens is 2. The molecule has 0 bridgehead atoms. The number of allylic oxidation sites excluding steroid dienone is 7. The summed E-state index contributed by atoms with van der Waals surface area (Å²) in [6.07, 6.45) is 17.3. The van der Waals surface area contributed by atoms with E-state index in [4.69, 9.17) is 4.98 Å². The van der Waals surface area contributed by atoms with Crippen molar-refractivity contribution in [3.05, 3.63) is 192 Å². The average Bonchev–Trinajstić information content (AvgIpc) is 3.36. The number of pyridine rings is 1. The largest absolute Gasteiger partial charge is 0.355 e. The first-order chi connectivity index (χ1) is 28.9. The summed E-state index contributed by atoms with van der Waals surface area (Å²) in [5.74, 6) is 0. The van der Waals surface area contributed by atoms with Crippen LogP contribution in [0, 0.1) is 20.8 Å². The van der Waals surface area contributed by atoms with Crippen molar-refractivity contribution in [3.8, 4) is 27.9 Å². The summed E-state index contributed by atoms with van der Waals surface area (Å²) < 4.78 is 2.45. The molecule has 0 saturated carbocycles. The van der Waals surface area contributed by atoms with E-state index in [0.717, 1.165) is 52.4 Å².